The lowest BCUT2D eigenvalue weighted by atomic mass is 10.2. The van der Waals surface area contributed by atoms with Crippen molar-refractivity contribution in [1.29, 1.82) is 0 Å². The van der Waals surface area contributed by atoms with E-state index in [1.807, 2.05) is 0 Å². The summed E-state index contributed by atoms with van der Waals surface area (Å²) in [5.74, 6) is 1.02. The smallest absolute Gasteiger partial charge is 0.316 e. The normalized spacial score (nSPS) is 11.3. The van der Waals surface area contributed by atoms with Crippen molar-refractivity contribution in [3.8, 4) is 6.01 Å². The fourth-order valence-corrected chi connectivity index (χ4v) is 2.56. The topological polar surface area (TPSA) is 66.9 Å². The van der Waals surface area contributed by atoms with Crippen molar-refractivity contribution < 1.29 is 4.74 Å². The van der Waals surface area contributed by atoms with Gasteiger partial charge in [0.1, 0.15) is 5.82 Å². The third kappa shape index (κ3) is 3.65. The van der Waals surface area contributed by atoms with Gasteiger partial charge >= 0.3 is 6.01 Å². The minimum Gasteiger partial charge on any atom is -0.467 e. The molecule has 0 unspecified atom stereocenters. The van der Waals surface area contributed by atoms with Crippen LogP contribution in [0.2, 0.25) is 0 Å². The number of ether oxygens (including phenoxy) is 1. The molecule has 0 bridgehead atoms. The molecular weight excluding hydrogens is 290 g/mol. The summed E-state index contributed by atoms with van der Waals surface area (Å²) in [6, 6.07) is 6.60. The number of aryl methyl sites for hydroxylation is 1. The third-order valence-corrected chi connectivity index (χ3v) is 3.81. The Hall–Kier alpha value is -2.47. The molecule has 0 spiro atoms. The van der Waals surface area contributed by atoms with Gasteiger partial charge in [-0.3, -0.25) is 0 Å². The highest BCUT2D eigenvalue weighted by atomic mass is 16.5. The van der Waals surface area contributed by atoms with Crippen molar-refractivity contribution >= 4 is 11.0 Å². The maximum absolute atomic E-state index is 4.97. The molecule has 0 aliphatic rings. The molecule has 0 saturated carbocycles. The molecular formula is C17H21N5O. The molecule has 2 aromatic heterocycles. The molecule has 3 aromatic rings. The van der Waals surface area contributed by atoms with Crippen molar-refractivity contribution in [2.45, 2.75) is 19.9 Å². The third-order valence-electron chi connectivity index (χ3n) is 3.81. The van der Waals surface area contributed by atoms with E-state index in [2.05, 4.69) is 52.0 Å². The van der Waals surface area contributed by atoms with Crippen molar-refractivity contribution in [2.75, 3.05) is 20.7 Å². The Morgan fingerprint density at radius 1 is 1.22 bits per heavy atom. The lowest BCUT2D eigenvalue weighted by Crippen LogP contribution is -2.21. The van der Waals surface area contributed by atoms with Gasteiger partial charge in [0.05, 0.1) is 18.1 Å². The van der Waals surface area contributed by atoms with Crippen LogP contribution in [-0.4, -0.2) is 45.5 Å². The van der Waals surface area contributed by atoms with Crippen LogP contribution in [0.4, 0.5) is 0 Å². The summed E-state index contributed by atoms with van der Waals surface area (Å²) in [5, 5.41) is 0. The van der Waals surface area contributed by atoms with Crippen LogP contribution >= 0.6 is 0 Å². The molecule has 120 valence electrons. The zero-order valence-electron chi connectivity index (χ0n) is 13.7. The highest BCUT2D eigenvalue weighted by Crippen LogP contribution is 2.15. The second-order valence-corrected chi connectivity index (χ2v) is 5.72. The Bertz CT molecular complexity index is 781. The summed E-state index contributed by atoms with van der Waals surface area (Å²) in [5.41, 5.74) is 4.43. The van der Waals surface area contributed by atoms with Gasteiger partial charge in [-0.2, -0.15) is 0 Å². The zero-order chi connectivity index (χ0) is 16.2. The molecule has 3 rings (SSSR count). The quantitative estimate of drug-likeness (QED) is 0.757. The molecule has 0 aliphatic carbocycles. The van der Waals surface area contributed by atoms with E-state index in [1.165, 1.54) is 5.56 Å². The number of hydrogen-bond donors (Lipinski definition) is 1. The maximum Gasteiger partial charge on any atom is 0.316 e. The number of methoxy groups -OCH3 is 1. The number of likely N-dealkylation sites (N-methyl/N-ethyl adjacent to an activating group) is 1. The van der Waals surface area contributed by atoms with Gasteiger partial charge in [0.15, 0.2) is 0 Å². The van der Waals surface area contributed by atoms with Crippen molar-refractivity contribution in [1.82, 2.24) is 24.8 Å². The second-order valence-electron chi connectivity index (χ2n) is 5.72. The van der Waals surface area contributed by atoms with Gasteiger partial charge in [0.25, 0.3) is 0 Å². The Morgan fingerprint density at radius 3 is 2.70 bits per heavy atom. The predicted octanol–water partition coefficient (Wildman–Crippen LogP) is 2.34. The van der Waals surface area contributed by atoms with Crippen LogP contribution in [0.3, 0.4) is 0 Å². The fraction of sp³-hybridized carbons (Fsp3) is 0.353. The molecule has 1 aromatic carbocycles. The molecule has 23 heavy (non-hydrogen) atoms. The van der Waals surface area contributed by atoms with Gasteiger partial charge in [0.2, 0.25) is 0 Å². The molecule has 0 amide bonds. The largest absolute Gasteiger partial charge is 0.467 e. The summed E-state index contributed by atoms with van der Waals surface area (Å²) in [6.07, 6.45) is 4.47. The monoisotopic (exact) mass is 311 g/mol. The highest BCUT2D eigenvalue weighted by Gasteiger charge is 2.07. The fourth-order valence-electron chi connectivity index (χ4n) is 2.56. The van der Waals surface area contributed by atoms with Gasteiger partial charge in [-0.25, -0.2) is 15.0 Å². The number of aromatic amines is 1. The van der Waals surface area contributed by atoms with Gasteiger partial charge in [0, 0.05) is 37.5 Å². The van der Waals surface area contributed by atoms with E-state index >= 15 is 0 Å². The molecule has 0 radical (unpaired) electrons. The van der Waals surface area contributed by atoms with E-state index in [9.17, 15) is 0 Å². The van der Waals surface area contributed by atoms with Gasteiger partial charge in [-0.1, -0.05) is 12.1 Å². The van der Waals surface area contributed by atoms with E-state index in [4.69, 9.17) is 9.72 Å². The van der Waals surface area contributed by atoms with E-state index in [0.29, 0.717) is 6.01 Å². The van der Waals surface area contributed by atoms with E-state index < -0.39 is 0 Å². The second kappa shape index (κ2) is 6.75. The molecule has 6 heteroatoms. The average Bonchev–Trinajstić information content (AvgIpc) is 2.98. The van der Waals surface area contributed by atoms with Crippen molar-refractivity contribution in [3.63, 3.8) is 0 Å². The minimum absolute atomic E-state index is 0.397. The van der Waals surface area contributed by atoms with Crippen LogP contribution in [0.1, 0.15) is 17.0 Å². The molecule has 0 atom stereocenters. The molecule has 0 fully saturated rings. The number of fused-ring (bicyclic) bond motifs is 1. The van der Waals surface area contributed by atoms with Crippen LogP contribution in [0.5, 0.6) is 6.01 Å². The van der Waals surface area contributed by atoms with Crippen LogP contribution in [0.15, 0.2) is 30.6 Å². The lowest BCUT2D eigenvalue weighted by molar-refractivity contribution is 0.326. The van der Waals surface area contributed by atoms with E-state index in [0.717, 1.165) is 41.9 Å². The van der Waals surface area contributed by atoms with Gasteiger partial charge in [-0.15, -0.1) is 0 Å². The van der Waals surface area contributed by atoms with Gasteiger partial charge < -0.3 is 14.6 Å². The number of rotatable bonds is 6. The molecule has 2 heterocycles. The standard InChI is InChI=1S/C17H21N5O/c1-12-5-4-6-14-16(12)21-15(20-14)7-8-22(2)11-13-9-18-17(23-3)19-10-13/h4-6,9-10H,7-8,11H2,1-3H3,(H,20,21). The first-order valence-electron chi connectivity index (χ1n) is 7.63. The average molecular weight is 311 g/mol. The Kier molecular flexibility index (Phi) is 4.52. The van der Waals surface area contributed by atoms with E-state index in [1.54, 1.807) is 19.5 Å². The lowest BCUT2D eigenvalue weighted by Gasteiger charge is -2.15. The number of H-pyrrole nitrogens is 1. The number of aromatic nitrogens is 4. The highest BCUT2D eigenvalue weighted by molar-refractivity contribution is 5.78. The summed E-state index contributed by atoms with van der Waals surface area (Å²) >= 11 is 0. The number of nitrogens with zero attached hydrogens (tertiary/aromatic N) is 4. The SMILES string of the molecule is COc1ncc(CN(C)CCc2nc3c(C)cccc3[nH]2)cn1. The summed E-state index contributed by atoms with van der Waals surface area (Å²) < 4.78 is 4.97. The number of benzene rings is 1. The summed E-state index contributed by atoms with van der Waals surface area (Å²) in [7, 11) is 3.65. The number of imidazole rings is 1. The minimum atomic E-state index is 0.397. The van der Waals surface area contributed by atoms with Crippen molar-refractivity contribution in [2.24, 2.45) is 0 Å². The first-order valence-corrected chi connectivity index (χ1v) is 7.63. The van der Waals surface area contributed by atoms with Crippen molar-refractivity contribution in [3.05, 3.63) is 47.5 Å². The molecule has 6 nitrogen and oxygen atoms in total. The first-order chi connectivity index (χ1) is 11.2. The Balaban J connectivity index is 1.58. The molecule has 0 saturated heterocycles. The number of para-hydroxylation sites is 1. The van der Waals surface area contributed by atoms with Crippen LogP contribution < -0.4 is 4.74 Å². The predicted molar refractivity (Wildman–Crippen MR) is 89.5 cm³/mol. The Labute approximate surface area is 135 Å². The van der Waals surface area contributed by atoms with E-state index in [-0.39, 0.29) is 0 Å². The molecule has 1 N–H and O–H groups in total. The van der Waals surface area contributed by atoms with Crippen LogP contribution in [0.25, 0.3) is 11.0 Å². The molecule has 0 aliphatic heterocycles. The van der Waals surface area contributed by atoms with Crippen LogP contribution in [0, 0.1) is 6.92 Å². The zero-order valence-corrected chi connectivity index (χ0v) is 13.7. The summed E-state index contributed by atoms with van der Waals surface area (Å²) in [4.78, 5) is 18.6. The first kappa shape index (κ1) is 15.4. The number of hydrogen-bond acceptors (Lipinski definition) is 5. The Morgan fingerprint density at radius 2 is 2.00 bits per heavy atom. The van der Waals surface area contributed by atoms with Gasteiger partial charge in [-0.05, 0) is 25.6 Å². The number of nitrogens with one attached hydrogen (secondary N) is 1. The van der Waals surface area contributed by atoms with Crippen LogP contribution in [-0.2, 0) is 13.0 Å². The maximum atomic E-state index is 4.97. The summed E-state index contributed by atoms with van der Waals surface area (Å²) in [6.45, 7) is 3.79.